The first-order valence-corrected chi connectivity index (χ1v) is 7.30. The van der Waals surface area contributed by atoms with Gasteiger partial charge in [-0.15, -0.1) is 0 Å². The lowest BCUT2D eigenvalue weighted by Gasteiger charge is -2.22. The Labute approximate surface area is 125 Å². The van der Waals surface area contributed by atoms with Gasteiger partial charge in [-0.25, -0.2) is 8.78 Å². The van der Waals surface area contributed by atoms with E-state index in [0.29, 0.717) is 19.7 Å². The van der Waals surface area contributed by atoms with E-state index in [1.165, 1.54) is 17.4 Å². The Morgan fingerprint density at radius 1 is 1.29 bits per heavy atom. The van der Waals surface area contributed by atoms with Crippen molar-refractivity contribution in [3.05, 3.63) is 57.8 Å². The summed E-state index contributed by atoms with van der Waals surface area (Å²) in [5.41, 5.74) is 1.12. The molecule has 21 heavy (non-hydrogen) atoms. The number of rotatable bonds is 6. The van der Waals surface area contributed by atoms with E-state index in [9.17, 15) is 13.6 Å². The van der Waals surface area contributed by atoms with Crippen LogP contribution < -0.4 is 0 Å². The Morgan fingerprint density at radius 2 is 2.10 bits per heavy atom. The van der Waals surface area contributed by atoms with Crippen molar-refractivity contribution in [1.29, 1.82) is 0 Å². The first-order chi connectivity index (χ1) is 10.1. The lowest BCUT2D eigenvalue weighted by atomic mass is 10.1. The number of thiophene rings is 1. The predicted octanol–water partition coefficient (Wildman–Crippen LogP) is 3.32. The van der Waals surface area contributed by atoms with Gasteiger partial charge in [0.25, 0.3) is 5.91 Å². The number of benzene rings is 1. The summed E-state index contributed by atoms with van der Waals surface area (Å²) in [5, 5.41) is 3.87. The second-order valence-electron chi connectivity index (χ2n) is 4.48. The smallest absolute Gasteiger partial charge is 0.254 e. The SMILES string of the molecule is COCCN(Cc1ccsc1)C(=O)c1ccc(F)c(F)c1. The van der Waals surface area contributed by atoms with Crippen molar-refractivity contribution in [2.75, 3.05) is 20.3 Å². The van der Waals surface area contributed by atoms with Crippen LogP contribution in [0.15, 0.2) is 35.0 Å². The summed E-state index contributed by atoms with van der Waals surface area (Å²) in [4.78, 5) is 14.0. The number of carbonyl (C=O) groups excluding carboxylic acids is 1. The number of ether oxygens (including phenoxy) is 1. The zero-order valence-corrected chi connectivity index (χ0v) is 12.3. The van der Waals surface area contributed by atoms with Crippen LogP contribution in [0, 0.1) is 11.6 Å². The van der Waals surface area contributed by atoms with Gasteiger partial charge in [0.05, 0.1) is 6.61 Å². The first kappa shape index (κ1) is 15.6. The Bertz CT molecular complexity index is 602. The molecule has 2 rings (SSSR count). The van der Waals surface area contributed by atoms with E-state index in [0.717, 1.165) is 17.7 Å². The molecule has 0 bridgehead atoms. The highest BCUT2D eigenvalue weighted by Gasteiger charge is 2.17. The molecule has 0 unspecified atom stereocenters. The van der Waals surface area contributed by atoms with Crippen molar-refractivity contribution in [3.63, 3.8) is 0 Å². The monoisotopic (exact) mass is 311 g/mol. The third-order valence-electron chi connectivity index (χ3n) is 2.97. The second-order valence-corrected chi connectivity index (χ2v) is 5.26. The fourth-order valence-electron chi connectivity index (χ4n) is 1.87. The lowest BCUT2D eigenvalue weighted by molar-refractivity contribution is 0.0680. The predicted molar refractivity (Wildman–Crippen MR) is 77.3 cm³/mol. The normalized spacial score (nSPS) is 10.6. The van der Waals surface area contributed by atoms with Crippen molar-refractivity contribution in [3.8, 4) is 0 Å². The summed E-state index contributed by atoms with van der Waals surface area (Å²) in [6.07, 6.45) is 0. The number of carbonyl (C=O) groups is 1. The third-order valence-corrected chi connectivity index (χ3v) is 3.70. The molecule has 0 aliphatic heterocycles. The summed E-state index contributed by atoms with van der Waals surface area (Å²) >= 11 is 1.54. The summed E-state index contributed by atoms with van der Waals surface area (Å²) in [6.45, 7) is 1.16. The van der Waals surface area contributed by atoms with E-state index < -0.39 is 11.6 Å². The van der Waals surface area contributed by atoms with E-state index in [2.05, 4.69) is 0 Å². The Morgan fingerprint density at radius 3 is 2.71 bits per heavy atom. The summed E-state index contributed by atoms with van der Waals surface area (Å²) < 4.78 is 31.2. The largest absolute Gasteiger partial charge is 0.383 e. The summed E-state index contributed by atoms with van der Waals surface area (Å²) in [5.74, 6) is -2.34. The molecule has 0 saturated carbocycles. The van der Waals surface area contributed by atoms with Crippen molar-refractivity contribution in [2.45, 2.75) is 6.54 Å². The fraction of sp³-hybridized carbons (Fsp3) is 0.267. The van der Waals surface area contributed by atoms with Gasteiger partial charge in [-0.3, -0.25) is 4.79 Å². The molecule has 6 heteroatoms. The van der Waals surface area contributed by atoms with E-state index in [-0.39, 0.29) is 11.5 Å². The molecule has 1 amide bonds. The summed E-state index contributed by atoms with van der Waals surface area (Å²) in [6, 6.07) is 5.09. The molecule has 112 valence electrons. The van der Waals surface area contributed by atoms with Gasteiger partial charge in [-0.05, 0) is 40.6 Å². The average molecular weight is 311 g/mol. The Hall–Kier alpha value is -1.79. The summed E-state index contributed by atoms with van der Waals surface area (Å²) in [7, 11) is 1.55. The van der Waals surface area contributed by atoms with Gasteiger partial charge in [0, 0.05) is 25.8 Å². The van der Waals surface area contributed by atoms with Gasteiger partial charge < -0.3 is 9.64 Å². The van der Waals surface area contributed by atoms with Crippen LogP contribution in [0.4, 0.5) is 8.78 Å². The molecule has 0 fully saturated rings. The van der Waals surface area contributed by atoms with E-state index >= 15 is 0 Å². The molecule has 2 aromatic rings. The van der Waals surface area contributed by atoms with Gasteiger partial charge >= 0.3 is 0 Å². The van der Waals surface area contributed by atoms with Crippen LogP contribution >= 0.6 is 11.3 Å². The van der Waals surface area contributed by atoms with Crippen molar-refractivity contribution < 1.29 is 18.3 Å². The molecule has 3 nitrogen and oxygen atoms in total. The number of hydrogen-bond acceptors (Lipinski definition) is 3. The number of methoxy groups -OCH3 is 1. The molecule has 0 saturated heterocycles. The molecule has 1 aromatic heterocycles. The van der Waals surface area contributed by atoms with Gasteiger partial charge in [0.2, 0.25) is 0 Å². The maximum absolute atomic E-state index is 13.3. The molecule has 0 spiro atoms. The maximum atomic E-state index is 13.3. The van der Waals surface area contributed by atoms with Crippen LogP contribution in [-0.4, -0.2) is 31.1 Å². The molecule has 0 atom stereocenters. The molecule has 0 aliphatic carbocycles. The van der Waals surface area contributed by atoms with E-state index in [1.54, 1.807) is 12.0 Å². The highest BCUT2D eigenvalue weighted by atomic mass is 32.1. The average Bonchev–Trinajstić information content (AvgIpc) is 2.98. The van der Waals surface area contributed by atoms with Crippen molar-refractivity contribution in [2.24, 2.45) is 0 Å². The van der Waals surface area contributed by atoms with E-state index in [1.807, 2.05) is 16.8 Å². The van der Waals surface area contributed by atoms with Crippen LogP contribution in [0.1, 0.15) is 15.9 Å². The van der Waals surface area contributed by atoms with Crippen LogP contribution in [0.2, 0.25) is 0 Å². The van der Waals surface area contributed by atoms with Crippen molar-refractivity contribution >= 4 is 17.2 Å². The number of halogens is 2. The van der Waals surface area contributed by atoms with E-state index in [4.69, 9.17) is 4.74 Å². The van der Waals surface area contributed by atoms with Gasteiger partial charge in [-0.2, -0.15) is 11.3 Å². The lowest BCUT2D eigenvalue weighted by Crippen LogP contribution is -2.33. The molecule has 1 aromatic carbocycles. The topological polar surface area (TPSA) is 29.5 Å². The number of nitrogens with zero attached hydrogens (tertiary/aromatic N) is 1. The van der Waals surface area contributed by atoms with Crippen LogP contribution in [-0.2, 0) is 11.3 Å². The third kappa shape index (κ3) is 4.09. The maximum Gasteiger partial charge on any atom is 0.254 e. The second kappa shape index (κ2) is 7.28. The van der Waals surface area contributed by atoms with Gasteiger partial charge in [0.1, 0.15) is 0 Å². The van der Waals surface area contributed by atoms with Crippen molar-refractivity contribution in [1.82, 2.24) is 4.90 Å². The van der Waals surface area contributed by atoms with Crippen LogP contribution in [0.3, 0.4) is 0 Å². The minimum Gasteiger partial charge on any atom is -0.383 e. The zero-order valence-electron chi connectivity index (χ0n) is 11.5. The van der Waals surface area contributed by atoms with Crippen LogP contribution in [0.25, 0.3) is 0 Å². The molecular formula is C15H15F2NO2S. The minimum absolute atomic E-state index is 0.125. The molecule has 0 aliphatic rings. The first-order valence-electron chi connectivity index (χ1n) is 6.36. The molecule has 0 radical (unpaired) electrons. The minimum atomic E-state index is -1.02. The van der Waals surface area contributed by atoms with Gasteiger partial charge in [-0.1, -0.05) is 0 Å². The Kier molecular flexibility index (Phi) is 5.41. The molecule has 0 N–H and O–H groups in total. The standard InChI is InChI=1S/C15H15F2NO2S/c1-20-6-5-18(9-11-4-7-21-10-11)15(19)12-2-3-13(16)14(17)8-12/h2-4,7-8,10H,5-6,9H2,1H3. The quantitative estimate of drug-likeness (QED) is 0.819. The highest BCUT2D eigenvalue weighted by Crippen LogP contribution is 2.15. The number of amides is 1. The van der Waals surface area contributed by atoms with Gasteiger partial charge in [0.15, 0.2) is 11.6 Å². The Balaban J connectivity index is 2.18. The fourth-order valence-corrected chi connectivity index (χ4v) is 2.53. The van der Waals surface area contributed by atoms with Crippen LogP contribution in [0.5, 0.6) is 0 Å². The molecule has 1 heterocycles. The highest BCUT2D eigenvalue weighted by molar-refractivity contribution is 7.07. The zero-order chi connectivity index (χ0) is 15.2. The number of hydrogen-bond donors (Lipinski definition) is 0. The molecular weight excluding hydrogens is 296 g/mol.